The number of aromatic nitrogens is 1. The Bertz CT molecular complexity index is 789. The number of anilines is 1. The van der Waals surface area contributed by atoms with Crippen LogP contribution in [0.1, 0.15) is 21.6 Å². The number of thiazole rings is 1. The topological polar surface area (TPSA) is 42.0 Å². The van der Waals surface area contributed by atoms with Gasteiger partial charge in [0.05, 0.1) is 0 Å². The third-order valence-electron chi connectivity index (χ3n) is 3.48. The van der Waals surface area contributed by atoms with Crippen LogP contribution < -0.4 is 5.32 Å². The highest BCUT2D eigenvalue weighted by atomic mass is 32.1. The minimum absolute atomic E-state index is 0.171. The molecular formula is C18H16N2OS. The van der Waals surface area contributed by atoms with Gasteiger partial charge in [-0.1, -0.05) is 48.5 Å². The molecule has 0 spiro atoms. The largest absolute Gasteiger partial charge is 0.320 e. The van der Waals surface area contributed by atoms with E-state index in [4.69, 9.17) is 0 Å². The van der Waals surface area contributed by atoms with Crippen molar-refractivity contribution < 1.29 is 4.79 Å². The van der Waals surface area contributed by atoms with Crippen molar-refractivity contribution in [2.45, 2.75) is 13.8 Å². The van der Waals surface area contributed by atoms with E-state index in [1.807, 2.05) is 62.4 Å². The molecule has 2 aromatic carbocycles. The summed E-state index contributed by atoms with van der Waals surface area (Å²) in [5.41, 5.74) is 4.44. The number of nitrogens with zero attached hydrogens (tertiary/aromatic N) is 1. The lowest BCUT2D eigenvalue weighted by atomic mass is 10.1. The zero-order valence-electron chi connectivity index (χ0n) is 12.5. The number of amides is 1. The standard InChI is InChI=1S/C18H16N2OS/c1-12-7-6-8-13(2)16(12)20-17(21)15-11-22-18(19-15)14-9-4-3-5-10-14/h3-11H,1-2H3,(H,20,21). The predicted molar refractivity (Wildman–Crippen MR) is 91.4 cm³/mol. The smallest absolute Gasteiger partial charge is 0.275 e. The zero-order valence-corrected chi connectivity index (χ0v) is 13.3. The molecule has 0 saturated heterocycles. The Kier molecular flexibility index (Phi) is 4.02. The van der Waals surface area contributed by atoms with Crippen LogP contribution in [0, 0.1) is 13.8 Å². The van der Waals surface area contributed by atoms with Crippen molar-refractivity contribution in [1.29, 1.82) is 0 Å². The second-order valence-corrected chi connectivity index (χ2v) is 5.98. The van der Waals surface area contributed by atoms with Crippen LogP contribution in [0.25, 0.3) is 10.6 Å². The summed E-state index contributed by atoms with van der Waals surface area (Å²) >= 11 is 1.48. The fraction of sp³-hybridized carbons (Fsp3) is 0.111. The molecule has 0 bridgehead atoms. The van der Waals surface area contributed by atoms with Gasteiger partial charge in [0.1, 0.15) is 10.7 Å². The molecule has 22 heavy (non-hydrogen) atoms. The summed E-state index contributed by atoms with van der Waals surface area (Å²) < 4.78 is 0. The molecule has 110 valence electrons. The van der Waals surface area contributed by atoms with Crippen molar-refractivity contribution in [1.82, 2.24) is 4.98 Å². The van der Waals surface area contributed by atoms with Crippen LogP contribution in [0.3, 0.4) is 0 Å². The number of para-hydroxylation sites is 1. The van der Waals surface area contributed by atoms with Gasteiger partial charge in [0, 0.05) is 16.6 Å². The Morgan fingerprint density at radius 2 is 1.68 bits per heavy atom. The van der Waals surface area contributed by atoms with Gasteiger partial charge >= 0.3 is 0 Å². The number of carbonyl (C=O) groups is 1. The number of benzene rings is 2. The molecular weight excluding hydrogens is 292 g/mol. The van der Waals surface area contributed by atoms with E-state index in [0.717, 1.165) is 27.4 Å². The van der Waals surface area contributed by atoms with Crippen LogP contribution >= 0.6 is 11.3 Å². The molecule has 1 heterocycles. The van der Waals surface area contributed by atoms with Crippen molar-refractivity contribution in [2.75, 3.05) is 5.32 Å². The van der Waals surface area contributed by atoms with Crippen molar-refractivity contribution in [3.8, 4) is 10.6 Å². The Morgan fingerprint density at radius 1 is 1.00 bits per heavy atom. The first-order valence-electron chi connectivity index (χ1n) is 7.03. The Labute approximate surface area is 133 Å². The van der Waals surface area contributed by atoms with Gasteiger partial charge in [-0.25, -0.2) is 4.98 Å². The highest BCUT2D eigenvalue weighted by Gasteiger charge is 2.13. The molecule has 0 atom stereocenters. The number of carbonyl (C=O) groups excluding carboxylic acids is 1. The Balaban J connectivity index is 1.83. The van der Waals surface area contributed by atoms with Gasteiger partial charge in [0.15, 0.2) is 0 Å². The molecule has 0 aliphatic heterocycles. The number of aryl methyl sites for hydroxylation is 2. The van der Waals surface area contributed by atoms with E-state index in [2.05, 4.69) is 10.3 Å². The second kappa shape index (κ2) is 6.12. The summed E-state index contributed by atoms with van der Waals surface area (Å²) in [6, 6.07) is 15.8. The molecule has 1 N–H and O–H groups in total. The molecule has 3 rings (SSSR count). The lowest BCUT2D eigenvalue weighted by Crippen LogP contribution is -2.14. The fourth-order valence-corrected chi connectivity index (χ4v) is 3.09. The lowest BCUT2D eigenvalue weighted by molar-refractivity contribution is 0.102. The first-order chi connectivity index (χ1) is 10.6. The fourth-order valence-electron chi connectivity index (χ4n) is 2.28. The Morgan fingerprint density at radius 3 is 2.36 bits per heavy atom. The van der Waals surface area contributed by atoms with Crippen molar-refractivity contribution in [3.63, 3.8) is 0 Å². The maximum absolute atomic E-state index is 12.4. The highest BCUT2D eigenvalue weighted by molar-refractivity contribution is 7.13. The van der Waals surface area contributed by atoms with Crippen molar-refractivity contribution in [2.24, 2.45) is 0 Å². The number of nitrogens with one attached hydrogen (secondary N) is 1. The summed E-state index contributed by atoms with van der Waals surface area (Å²) in [7, 11) is 0. The third-order valence-corrected chi connectivity index (χ3v) is 4.37. The van der Waals surface area contributed by atoms with E-state index in [0.29, 0.717) is 5.69 Å². The number of hydrogen-bond donors (Lipinski definition) is 1. The molecule has 0 unspecified atom stereocenters. The van der Waals surface area contributed by atoms with Crippen LogP contribution in [0.4, 0.5) is 5.69 Å². The SMILES string of the molecule is Cc1cccc(C)c1NC(=O)c1csc(-c2ccccc2)n1. The van der Waals surface area contributed by atoms with Crippen LogP contribution in [-0.4, -0.2) is 10.9 Å². The number of rotatable bonds is 3. The summed E-state index contributed by atoms with van der Waals surface area (Å²) in [4.78, 5) is 16.8. The van der Waals surface area contributed by atoms with Crippen LogP contribution in [0.15, 0.2) is 53.9 Å². The number of hydrogen-bond acceptors (Lipinski definition) is 3. The van der Waals surface area contributed by atoms with E-state index < -0.39 is 0 Å². The third kappa shape index (κ3) is 2.92. The molecule has 0 radical (unpaired) electrons. The van der Waals surface area contributed by atoms with Gasteiger partial charge in [-0.15, -0.1) is 11.3 Å². The minimum atomic E-state index is -0.171. The van der Waals surface area contributed by atoms with Crippen LogP contribution in [-0.2, 0) is 0 Å². The van der Waals surface area contributed by atoms with Gasteiger partial charge in [-0.2, -0.15) is 0 Å². The summed E-state index contributed by atoms with van der Waals surface area (Å²) in [6.45, 7) is 3.97. The highest BCUT2D eigenvalue weighted by Crippen LogP contribution is 2.25. The first kappa shape index (κ1) is 14.5. The van der Waals surface area contributed by atoms with E-state index in [1.165, 1.54) is 11.3 Å². The van der Waals surface area contributed by atoms with Gasteiger partial charge in [-0.3, -0.25) is 4.79 Å². The summed E-state index contributed by atoms with van der Waals surface area (Å²) in [5.74, 6) is -0.171. The van der Waals surface area contributed by atoms with E-state index in [-0.39, 0.29) is 5.91 Å². The predicted octanol–water partition coefficient (Wildman–Crippen LogP) is 4.68. The molecule has 3 nitrogen and oxygen atoms in total. The lowest BCUT2D eigenvalue weighted by Gasteiger charge is -2.10. The molecule has 0 fully saturated rings. The molecule has 0 saturated carbocycles. The Hall–Kier alpha value is -2.46. The maximum Gasteiger partial charge on any atom is 0.275 e. The summed E-state index contributed by atoms with van der Waals surface area (Å²) in [6.07, 6.45) is 0. The van der Waals surface area contributed by atoms with Crippen LogP contribution in [0.5, 0.6) is 0 Å². The molecule has 1 amide bonds. The van der Waals surface area contributed by atoms with Gasteiger partial charge < -0.3 is 5.32 Å². The average molecular weight is 308 g/mol. The zero-order chi connectivity index (χ0) is 15.5. The van der Waals surface area contributed by atoms with Crippen molar-refractivity contribution in [3.05, 3.63) is 70.7 Å². The monoisotopic (exact) mass is 308 g/mol. The quantitative estimate of drug-likeness (QED) is 0.763. The minimum Gasteiger partial charge on any atom is -0.320 e. The van der Waals surface area contributed by atoms with Gasteiger partial charge in [0.25, 0.3) is 5.91 Å². The van der Waals surface area contributed by atoms with Gasteiger partial charge in [0.2, 0.25) is 0 Å². The van der Waals surface area contributed by atoms with E-state index >= 15 is 0 Å². The summed E-state index contributed by atoms with van der Waals surface area (Å²) in [5, 5.41) is 5.62. The molecule has 1 aromatic heterocycles. The molecule has 0 aliphatic carbocycles. The second-order valence-electron chi connectivity index (χ2n) is 5.12. The molecule has 3 aromatic rings. The van der Waals surface area contributed by atoms with Crippen molar-refractivity contribution >= 4 is 22.9 Å². The van der Waals surface area contributed by atoms with E-state index in [1.54, 1.807) is 5.38 Å². The van der Waals surface area contributed by atoms with E-state index in [9.17, 15) is 4.79 Å². The first-order valence-corrected chi connectivity index (χ1v) is 7.91. The average Bonchev–Trinajstić information content (AvgIpc) is 3.02. The van der Waals surface area contributed by atoms with Gasteiger partial charge in [-0.05, 0) is 25.0 Å². The normalized spacial score (nSPS) is 10.5. The van der Waals surface area contributed by atoms with Crippen LogP contribution in [0.2, 0.25) is 0 Å². The maximum atomic E-state index is 12.4. The molecule has 4 heteroatoms. The molecule has 0 aliphatic rings.